The third kappa shape index (κ3) is 2.93. The van der Waals surface area contributed by atoms with E-state index in [0.29, 0.717) is 30.4 Å². The summed E-state index contributed by atoms with van der Waals surface area (Å²) < 4.78 is 11.5. The van der Waals surface area contributed by atoms with Gasteiger partial charge in [0.05, 0.1) is 17.1 Å². The molecule has 0 spiro atoms. The largest absolute Gasteiger partial charge is 0.486 e. The van der Waals surface area contributed by atoms with Crippen LogP contribution in [0, 0.1) is 0 Å². The fourth-order valence-electron chi connectivity index (χ4n) is 3.34. The molecule has 0 saturated carbocycles. The van der Waals surface area contributed by atoms with Crippen LogP contribution in [0.1, 0.15) is 25.1 Å². The van der Waals surface area contributed by atoms with Gasteiger partial charge in [-0.05, 0) is 18.2 Å². The molecule has 5 rings (SSSR count). The van der Waals surface area contributed by atoms with Crippen LogP contribution in [0.15, 0.2) is 47.5 Å². The number of aromatic nitrogens is 1. The van der Waals surface area contributed by atoms with Crippen LogP contribution in [-0.2, 0) is 4.79 Å². The standard InChI is InChI=1S/C19H15N3O3.C2H6/c23-15-10-20-16(12-5-3-7-14-19(12)25-9-8-24-14)18-17(22-15)11-4-1-2-6-13(11)21-18;1-2/h1-7,21H,8-10H2,(H,22,23);1-2H3. The van der Waals surface area contributed by atoms with Gasteiger partial charge >= 0.3 is 0 Å². The van der Waals surface area contributed by atoms with Crippen LogP contribution in [0.3, 0.4) is 0 Å². The van der Waals surface area contributed by atoms with Crippen LogP contribution < -0.4 is 14.8 Å². The molecule has 3 heterocycles. The third-order valence-electron chi connectivity index (χ3n) is 4.41. The second-order valence-corrected chi connectivity index (χ2v) is 5.96. The molecule has 2 aromatic carbocycles. The average molecular weight is 363 g/mol. The lowest BCUT2D eigenvalue weighted by Crippen LogP contribution is -2.18. The van der Waals surface area contributed by atoms with Crippen molar-refractivity contribution in [2.24, 2.45) is 4.99 Å². The summed E-state index contributed by atoms with van der Waals surface area (Å²) in [5.74, 6) is 1.24. The number of hydrogen-bond donors (Lipinski definition) is 2. The summed E-state index contributed by atoms with van der Waals surface area (Å²) in [6.07, 6.45) is 0. The highest BCUT2D eigenvalue weighted by Gasteiger charge is 2.26. The van der Waals surface area contributed by atoms with Crippen molar-refractivity contribution in [2.75, 3.05) is 25.1 Å². The maximum absolute atomic E-state index is 12.2. The Bertz CT molecular complexity index is 1040. The van der Waals surface area contributed by atoms with E-state index < -0.39 is 0 Å². The van der Waals surface area contributed by atoms with Crippen molar-refractivity contribution in [3.8, 4) is 11.5 Å². The van der Waals surface area contributed by atoms with Gasteiger partial charge in [0.25, 0.3) is 0 Å². The minimum absolute atomic E-state index is 0.0662. The summed E-state index contributed by atoms with van der Waals surface area (Å²) >= 11 is 0. The lowest BCUT2D eigenvalue weighted by molar-refractivity contribution is -0.114. The molecule has 0 saturated heterocycles. The van der Waals surface area contributed by atoms with Crippen LogP contribution >= 0.6 is 0 Å². The van der Waals surface area contributed by atoms with Gasteiger partial charge in [-0.3, -0.25) is 9.79 Å². The van der Waals surface area contributed by atoms with Gasteiger partial charge in [-0.15, -0.1) is 0 Å². The van der Waals surface area contributed by atoms with E-state index in [1.807, 2.05) is 56.3 Å². The molecule has 0 fully saturated rings. The zero-order valence-corrected chi connectivity index (χ0v) is 15.3. The molecule has 0 unspecified atom stereocenters. The second kappa shape index (κ2) is 7.15. The van der Waals surface area contributed by atoms with Crippen molar-refractivity contribution >= 4 is 28.2 Å². The predicted molar refractivity (Wildman–Crippen MR) is 106 cm³/mol. The number of rotatable bonds is 1. The highest BCUT2D eigenvalue weighted by atomic mass is 16.6. The number of hydrogen-bond acceptors (Lipinski definition) is 4. The topological polar surface area (TPSA) is 75.7 Å². The van der Waals surface area contributed by atoms with Crippen LogP contribution in [0.2, 0.25) is 0 Å². The van der Waals surface area contributed by atoms with E-state index in [-0.39, 0.29) is 12.5 Å². The van der Waals surface area contributed by atoms with Gasteiger partial charge in [-0.2, -0.15) is 0 Å². The van der Waals surface area contributed by atoms with Crippen molar-refractivity contribution in [3.05, 3.63) is 53.7 Å². The van der Waals surface area contributed by atoms with Gasteiger partial charge in [0.15, 0.2) is 11.5 Å². The molecule has 2 aliphatic rings. The average Bonchev–Trinajstić information content (AvgIpc) is 2.99. The van der Waals surface area contributed by atoms with Crippen molar-refractivity contribution in [1.82, 2.24) is 4.98 Å². The number of carbonyl (C=O) groups is 1. The molecule has 6 heteroatoms. The lowest BCUT2D eigenvalue weighted by Gasteiger charge is -2.21. The Kier molecular flexibility index (Phi) is 4.54. The van der Waals surface area contributed by atoms with Crippen molar-refractivity contribution in [3.63, 3.8) is 0 Å². The van der Waals surface area contributed by atoms with E-state index in [1.165, 1.54) is 0 Å². The molecule has 6 nitrogen and oxygen atoms in total. The third-order valence-corrected chi connectivity index (χ3v) is 4.41. The summed E-state index contributed by atoms with van der Waals surface area (Å²) in [7, 11) is 0. The van der Waals surface area contributed by atoms with Gasteiger partial charge in [0.2, 0.25) is 5.91 Å². The molecule has 2 aliphatic heterocycles. The van der Waals surface area contributed by atoms with E-state index in [9.17, 15) is 4.79 Å². The zero-order chi connectivity index (χ0) is 18.8. The van der Waals surface area contributed by atoms with Crippen molar-refractivity contribution < 1.29 is 14.3 Å². The molecule has 3 aromatic rings. The maximum atomic E-state index is 12.2. The fraction of sp³-hybridized carbons (Fsp3) is 0.238. The molecular formula is C21H21N3O3. The van der Waals surface area contributed by atoms with E-state index in [1.54, 1.807) is 0 Å². The Labute approximate surface area is 157 Å². The van der Waals surface area contributed by atoms with Crippen LogP contribution in [0.5, 0.6) is 11.5 Å². The Morgan fingerprint density at radius 2 is 1.81 bits per heavy atom. The molecule has 27 heavy (non-hydrogen) atoms. The molecule has 0 atom stereocenters. The van der Waals surface area contributed by atoms with Gasteiger partial charge in [-0.25, -0.2) is 0 Å². The van der Waals surface area contributed by atoms with Gasteiger partial charge in [0, 0.05) is 16.5 Å². The minimum atomic E-state index is -0.136. The number of fused-ring (bicyclic) bond motifs is 4. The van der Waals surface area contributed by atoms with Gasteiger partial charge < -0.3 is 19.8 Å². The number of anilines is 1. The van der Waals surface area contributed by atoms with E-state index in [0.717, 1.165) is 27.8 Å². The highest BCUT2D eigenvalue weighted by Crippen LogP contribution is 2.38. The number of benzene rings is 2. The SMILES string of the molecule is CC.O=C1CN=C(c2cccc3c2OCCO3)c2[nH]c3ccccc3c2N1. The molecular weight excluding hydrogens is 342 g/mol. The zero-order valence-electron chi connectivity index (χ0n) is 15.3. The first-order valence-electron chi connectivity index (χ1n) is 9.15. The van der Waals surface area contributed by atoms with Crippen molar-refractivity contribution in [1.29, 1.82) is 0 Å². The number of H-pyrrole nitrogens is 1. The number of nitrogens with one attached hydrogen (secondary N) is 2. The summed E-state index contributed by atoms with van der Waals surface area (Å²) in [6.45, 7) is 5.09. The van der Waals surface area contributed by atoms with E-state index >= 15 is 0 Å². The van der Waals surface area contributed by atoms with Crippen LogP contribution in [-0.4, -0.2) is 36.4 Å². The predicted octanol–water partition coefficient (Wildman–Crippen LogP) is 3.75. The number of ether oxygens (including phenoxy) is 2. The molecule has 0 aliphatic carbocycles. The first-order chi connectivity index (χ1) is 13.3. The molecule has 1 aromatic heterocycles. The summed E-state index contributed by atoms with van der Waals surface area (Å²) in [4.78, 5) is 20.1. The second-order valence-electron chi connectivity index (χ2n) is 5.96. The quantitative estimate of drug-likeness (QED) is 0.691. The Morgan fingerprint density at radius 3 is 2.70 bits per heavy atom. The van der Waals surface area contributed by atoms with E-state index in [4.69, 9.17) is 9.47 Å². The number of amides is 1. The molecule has 0 bridgehead atoms. The highest BCUT2D eigenvalue weighted by molar-refractivity contribution is 6.23. The Morgan fingerprint density at radius 1 is 1.00 bits per heavy atom. The minimum Gasteiger partial charge on any atom is -0.486 e. The number of nitrogens with zero attached hydrogens (tertiary/aromatic N) is 1. The Hall–Kier alpha value is -3.28. The molecule has 1 amide bonds. The summed E-state index contributed by atoms with van der Waals surface area (Å²) in [5, 5.41) is 3.93. The lowest BCUT2D eigenvalue weighted by atomic mass is 10.0. The first-order valence-corrected chi connectivity index (χ1v) is 9.15. The van der Waals surface area contributed by atoms with Crippen LogP contribution in [0.4, 0.5) is 5.69 Å². The Balaban J connectivity index is 0.000000872. The summed E-state index contributed by atoms with van der Waals surface area (Å²) in [6, 6.07) is 13.6. The molecule has 2 N–H and O–H groups in total. The monoisotopic (exact) mass is 363 g/mol. The maximum Gasteiger partial charge on any atom is 0.246 e. The normalized spacial score (nSPS) is 15.0. The van der Waals surface area contributed by atoms with Gasteiger partial charge in [0.1, 0.15) is 19.8 Å². The molecule has 0 radical (unpaired) electrons. The summed E-state index contributed by atoms with van der Waals surface area (Å²) in [5.41, 5.74) is 4.01. The van der Waals surface area contributed by atoms with Crippen LogP contribution in [0.25, 0.3) is 10.9 Å². The van der Waals surface area contributed by atoms with E-state index in [2.05, 4.69) is 15.3 Å². The van der Waals surface area contributed by atoms with Gasteiger partial charge in [-0.1, -0.05) is 38.1 Å². The number of carbonyl (C=O) groups excluding carboxylic acids is 1. The number of aliphatic imine (C=N–C) groups is 1. The molecule has 138 valence electrons. The fourth-order valence-corrected chi connectivity index (χ4v) is 3.34. The van der Waals surface area contributed by atoms with Crippen molar-refractivity contribution in [2.45, 2.75) is 13.8 Å². The number of para-hydroxylation sites is 2. The number of aromatic amines is 1. The first kappa shape index (κ1) is 17.1. The smallest absolute Gasteiger partial charge is 0.246 e.